The summed E-state index contributed by atoms with van der Waals surface area (Å²) >= 11 is 0. The Morgan fingerprint density at radius 1 is 0.667 bits per heavy atom. The van der Waals surface area contributed by atoms with Crippen LogP contribution in [0.3, 0.4) is 0 Å². The Morgan fingerprint density at radius 2 is 1.12 bits per heavy atom. The zero-order chi connectivity index (χ0) is 37.2. The van der Waals surface area contributed by atoms with Crippen LogP contribution in [0, 0.1) is 11.8 Å². The molecule has 288 valence electrons. The molecule has 0 bridgehead atoms. The van der Waals surface area contributed by atoms with Gasteiger partial charge in [-0.25, -0.2) is 4.68 Å². The van der Waals surface area contributed by atoms with Crippen molar-refractivity contribution in [3.63, 3.8) is 0 Å². The Bertz CT molecular complexity index is 1270. The predicted octanol–water partition coefficient (Wildman–Crippen LogP) is -0.205. The lowest BCUT2D eigenvalue weighted by Crippen LogP contribution is -2.58. The summed E-state index contributed by atoms with van der Waals surface area (Å²) in [5.41, 5.74) is 24.8. The number of unbranched alkanes of at least 4 members (excludes halogenated alkanes) is 4. The fraction of sp³-hybridized carbons (Fsp3) is 0.800. The fourth-order valence-corrected chi connectivity index (χ4v) is 6.92. The van der Waals surface area contributed by atoms with Crippen molar-refractivity contribution in [3.8, 4) is 0 Å². The average molecular weight is 718 g/mol. The summed E-state index contributed by atoms with van der Waals surface area (Å²) in [4.78, 5) is 64.9. The smallest absolute Gasteiger partial charge is 0.243 e. The molecule has 2 aliphatic carbocycles. The van der Waals surface area contributed by atoms with Gasteiger partial charge in [0.2, 0.25) is 29.5 Å². The van der Waals surface area contributed by atoms with E-state index in [4.69, 9.17) is 22.9 Å². The number of amides is 5. The summed E-state index contributed by atoms with van der Waals surface area (Å²) in [6, 6.07) is -3.74. The molecule has 12 N–H and O–H groups in total. The van der Waals surface area contributed by atoms with E-state index in [-0.39, 0.29) is 18.7 Å². The Kier molecular flexibility index (Phi) is 18.3. The number of fused-ring (bicyclic) bond motifs is 2. The van der Waals surface area contributed by atoms with Crippen LogP contribution in [0.2, 0.25) is 0 Å². The van der Waals surface area contributed by atoms with Crippen molar-refractivity contribution in [2.45, 2.75) is 147 Å². The molecule has 0 saturated heterocycles. The molecular formula is C35H63N11O5. The lowest BCUT2D eigenvalue weighted by molar-refractivity contribution is -0.134. The molecule has 16 nitrogen and oxygen atoms in total. The molecule has 0 unspecified atom stereocenters. The molecule has 0 spiro atoms. The van der Waals surface area contributed by atoms with Crippen LogP contribution >= 0.6 is 0 Å². The number of rotatable bonds is 25. The second-order valence-electron chi connectivity index (χ2n) is 14.2. The number of nitrogens with one attached hydrogen (secondary N) is 4. The van der Waals surface area contributed by atoms with Crippen LogP contribution in [0.25, 0.3) is 0 Å². The number of hydrogen-bond donors (Lipinski definition) is 8. The third-order valence-electron chi connectivity index (χ3n) is 10.1. The largest absolute Gasteiger partial charge is 0.368 e. The highest BCUT2D eigenvalue weighted by molar-refractivity contribution is 5.95. The number of nitrogens with zero attached hydrogens (tertiary/aromatic N) is 3. The fourth-order valence-electron chi connectivity index (χ4n) is 6.92. The maximum Gasteiger partial charge on any atom is 0.243 e. The zero-order valence-corrected chi connectivity index (χ0v) is 30.5. The van der Waals surface area contributed by atoms with E-state index in [9.17, 15) is 24.0 Å². The number of primary amides is 1. The lowest BCUT2D eigenvalue weighted by atomic mass is 10.0. The van der Waals surface area contributed by atoms with Gasteiger partial charge in [-0.05, 0) is 141 Å². The maximum atomic E-state index is 13.7. The molecule has 16 heteroatoms. The molecule has 1 aromatic heterocycles. The van der Waals surface area contributed by atoms with Gasteiger partial charge < -0.3 is 44.2 Å². The van der Waals surface area contributed by atoms with Crippen LogP contribution in [0.4, 0.5) is 0 Å². The standard InChI is InChI=1S/C35H63N11O5/c1-23(47)40-28(13-5-9-21-46-31-17-15-25-22-24(25)14-16-26(31)44-45-46)33(49)42-30(12-4-8-20-38)35(51)43-29(11-3-7-19-37)34(50)41-27(32(39)48)10-2-6-18-36/h24-25,27-30H,2-22,36-38H2,1H3,(H2,39,48)(H,40,47)(H,41,50)(H,42,49)(H,43,51)/t24-,25+,27-,28-,29-,30-/m0/s1. The van der Waals surface area contributed by atoms with E-state index in [2.05, 4.69) is 31.6 Å². The minimum absolute atomic E-state index is 0.275. The second-order valence-corrected chi connectivity index (χ2v) is 14.2. The van der Waals surface area contributed by atoms with Crippen LogP contribution in [0.15, 0.2) is 0 Å². The summed E-state index contributed by atoms with van der Waals surface area (Å²) in [5.74, 6) is -0.921. The number of aromatic nitrogens is 3. The van der Waals surface area contributed by atoms with Crippen LogP contribution in [-0.2, 0) is 43.4 Å². The van der Waals surface area contributed by atoms with Gasteiger partial charge in [0.25, 0.3) is 0 Å². The van der Waals surface area contributed by atoms with E-state index in [1.165, 1.54) is 31.9 Å². The first-order valence-electron chi connectivity index (χ1n) is 19.1. The van der Waals surface area contributed by atoms with Crippen molar-refractivity contribution >= 4 is 29.5 Å². The molecule has 1 aromatic rings. The van der Waals surface area contributed by atoms with Gasteiger partial charge >= 0.3 is 0 Å². The predicted molar refractivity (Wildman–Crippen MR) is 193 cm³/mol. The normalized spacial score (nSPS) is 18.8. The molecule has 0 radical (unpaired) electrons. The first-order valence-corrected chi connectivity index (χ1v) is 19.1. The third kappa shape index (κ3) is 14.5. The van der Waals surface area contributed by atoms with Gasteiger partial charge in [-0.2, -0.15) is 0 Å². The maximum absolute atomic E-state index is 13.7. The van der Waals surface area contributed by atoms with Gasteiger partial charge in [0, 0.05) is 13.5 Å². The van der Waals surface area contributed by atoms with Crippen molar-refractivity contribution in [1.29, 1.82) is 0 Å². The topological polar surface area (TPSA) is 268 Å². The van der Waals surface area contributed by atoms with Gasteiger partial charge in [-0.1, -0.05) is 5.21 Å². The molecule has 3 rings (SSSR count). The second kappa shape index (κ2) is 22.3. The monoisotopic (exact) mass is 718 g/mol. The summed E-state index contributed by atoms with van der Waals surface area (Å²) in [7, 11) is 0. The van der Waals surface area contributed by atoms with Gasteiger partial charge in [-0.15, -0.1) is 5.10 Å². The van der Waals surface area contributed by atoms with Crippen LogP contribution < -0.4 is 44.2 Å². The van der Waals surface area contributed by atoms with E-state index >= 15 is 0 Å². The highest BCUT2D eigenvalue weighted by Gasteiger charge is 2.38. The van der Waals surface area contributed by atoms with E-state index in [0.717, 1.165) is 36.8 Å². The number of carbonyl (C=O) groups is 5. The van der Waals surface area contributed by atoms with Crippen LogP contribution in [-0.4, -0.2) is 88.3 Å². The molecule has 51 heavy (non-hydrogen) atoms. The molecule has 1 heterocycles. The molecule has 1 fully saturated rings. The van der Waals surface area contributed by atoms with Gasteiger partial charge in [-0.3, -0.25) is 24.0 Å². The Labute approximate surface area is 302 Å². The Balaban J connectivity index is 1.63. The minimum Gasteiger partial charge on any atom is -0.368 e. The van der Waals surface area contributed by atoms with Gasteiger partial charge in [0.15, 0.2) is 0 Å². The minimum atomic E-state index is -0.984. The highest BCUT2D eigenvalue weighted by atomic mass is 16.2. The third-order valence-corrected chi connectivity index (χ3v) is 10.1. The van der Waals surface area contributed by atoms with E-state index in [0.29, 0.717) is 84.0 Å². The molecule has 0 aliphatic heterocycles. The van der Waals surface area contributed by atoms with Crippen molar-refractivity contribution in [3.05, 3.63) is 11.4 Å². The molecular weight excluding hydrogens is 654 g/mol. The average Bonchev–Trinajstić information content (AvgIpc) is 3.72. The number of carbonyl (C=O) groups excluding carboxylic acids is 5. The molecule has 1 saturated carbocycles. The molecule has 2 aliphatic rings. The van der Waals surface area contributed by atoms with Crippen molar-refractivity contribution < 1.29 is 24.0 Å². The van der Waals surface area contributed by atoms with Crippen molar-refractivity contribution in [2.75, 3.05) is 19.6 Å². The lowest BCUT2D eigenvalue weighted by Gasteiger charge is -2.26. The van der Waals surface area contributed by atoms with Crippen LogP contribution in [0.1, 0.15) is 115 Å². The number of hydrogen-bond acceptors (Lipinski definition) is 10. The SMILES string of the molecule is CC(=O)N[C@@H](CCCCn1nnc2c1CC[C@@H]1C[C@@H]1CC2)C(=O)N[C@@H](CCCCN)C(=O)N[C@@H](CCCCN)C(=O)N[C@@H](CCCCN)C(N)=O. The first-order chi connectivity index (χ1) is 24.6. The van der Waals surface area contributed by atoms with Gasteiger partial charge in [0.05, 0.1) is 11.4 Å². The molecule has 0 aromatic carbocycles. The molecule has 5 amide bonds. The Hall–Kier alpha value is -3.63. The van der Waals surface area contributed by atoms with E-state index < -0.39 is 47.8 Å². The summed E-state index contributed by atoms with van der Waals surface area (Å²) in [5, 5.41) is 19.9. The van der Waals surface area contributed by atoms with E-state index in [1.54, 1.807) is 0 Å². The summed E-state index contributed by atoms with van der Waals surface area (Å²) < 4.78 is 2.00. The number of aryl methyl sites for hydroxylation is 2. The number of nitrogens with two attached hydrogens (primary N) is 4. The Morgan fingerprint density at radius 3 is 1.61 bits per heavy atom. The first kappa shape index (κ1) is 41.8. The van der Waals surface area contributed by atoms with Gasteiger partial charge in [0.1, 0.15) is 24.2 Å². The summed E-state index contributed by atoms with van der Waals surface area (Å²) in [6.45, 7) is 3.29. The highest BCUT2D eigenvalue weighted by Crippen LogP contribution is 2.46. The van der Waals surface area contributed by atoms with E-state index in [1.807, 2.05) is 4.68 Å². The van der Waals surface area contributed by atoms with Crippen molar-refractivity contribution in [1.82, 2.24) is 36.3 Å². The summed E-state index contributed by atoms with van der Waals surface area (Å²) in [6.07, 6.45) is 11.9. The zero-order valence-electron chi connectivity index (χ0n) is 30.5. The van der Waals surface area contributed by atoms with Crippen LogP contribution in [0.5, 0.6) is 0 Å². The molecule has 6 atom stereocenters. The van der Waals surface area contributed by atoms with Crippen molar-refractivity contribution in [2.24, 2.45) is 34.8 Å². The quantitative estimate of drug-likeness (QED) is 0.0617.